The maximum absolute atomic E-state index is 5.76. The van der Waals surface area contributed by atoms with Crippen molar-refractivity contribution in [2.45, 2.75) is 63.7 Å². The third-order valence-corrected chi connectivity index (χ3v) is 3.04. The SMILES string of the molecule is CC1C[C@H]2O[C@@H]3OC(C)(C)O[C@@H]3[C@H]2O1. The van der Waals surface area contributed by atoms with Crippen LogP contribution in [0.5, 0.6) is 0 Å². The number of ether oxygens (including phenoxy) is 4. The number of fused-ring (bicyclic) bond motifs is 3. The Hall–Kier alpha value is -0.160. The smallest absolute Gasteiger partial charge is 0.190 e. The Balaban J connectivity index is 1.78. The summed E-state index contributed by atoms with van der Waals surface area (Å²) in [5, 5.41) is 0. The van der Waals surface area contributed by atoms with Gasteiger partial charge in [-0.25, -0.2) is 0 Å². The average molecular weight is 200 g/mol. The van der Waals surface area contributed by atoms with E-state index in [9.17, 15) is 0 Å². The Morgan fingerprint density at radius 2 is 1.86 bits per heavy atom. The first-order valence-electron chi connectivity index (χ1n) is 5.22. The molecule has 3 heterocycles. The minimum absolute atomic E-state index is 0.0417. The van der Waals surface area contributed by atoms with Gasteiger partial charge in [-0.1, -0.05) is 0 Å². The lowest BCUT2D eigenvalue weighted by molar-refractivity contribution is -0.209. The Morgan fingerprint density at radius 3 is 2.64 bits per heavy atom. The van der Waals surface area contributed by atoms with Gasteiger partial charge < -0.3 is 18.9 Å². The molecule has 3 saturated heterocycles. The summed E-state index contributed by atoms with van der Waals surface area (Å²) < 4.78 is 22.9. The second-order valence-electron chi connectivity index (χ2n) is 4.79. The molecular weight excluding hydrogens is 184 g/mol. The van der Waals surface area contributed by atoms with Gasteiger partial charge in [0, 0.05) is 6.42 Å². The van der Waals surface area contributed by atoms with Gasteiger partial charge >= 0.3 is 0 Å². The second kappa shape index (κ2) is 2.70. The molecule has 3 aliphatic heterocycles. The van der Waals surface area contributed by atoms with Crippen LogP contribution in [0.2, 0.25) is 0 Å². The summed E-state index contributed by atoms with van der Waals surface area (Å²) >= 11 is 0. The van der Waals surface area contributed by atoms with E-state index in [1.807, 2.05) is 13.8 Å². The predicted octanol–water partition coefficient (Wildman–Crippen LogP) is 1.04. The van der Waals surface area contributed by atoms with Crippen molar-refractivity contribution in [3.63, 3.8) is 0 Å². The third kappa shape index (κ3) is 1.21. The molecule has 4 nitrogen and oxygen atoms in total. The van der Waals surface area contributed by atoms with Gasteiger partial charge in [0.15, 0.2) is 12.1 Å². The molecular formula is C10H16O4. The molecule has 1 unspecified atom stereocenters. The van der Waals surface area contributed by atoms with Gasteiger partial charge in [0.05, 0.1) is 12.2 Å². The van der Waals surface area contributed by atoms with Gasteiger partial charge in [-0.3, -0.25) is 0 Å². The molecule has 0 aromatic rings. The molecule has 0 aromatic heterocycles. The zero-order valence-corrected chi connectivity index (χ0v) is 8.73. The topological polar surface area (TPSA) is 36.9 Å². The number of hydrogen-bond acceptors (Lipinski definition) is 4. The van der Waals surface area contributed by atoms with Crippen molar-refractivity contribution in [2.75, 3.05) is 0 Å². The number of rotatable bonds is 0. The van der Waals surface area contributed by atoms with Gasteiger partial charge in [-0.15, -0.1) is 0 Å². The molecule has 80 valence electrons. The summed E-state index contributed by atoms with van der Waals surface area (Å²) in [5.41, 5.74) is 0. The maximum atomic E-state index is 5.76. The van der Waals surface area contributed by atoms with Crippen molar-refractivity contribution in [3.05, 3.63) is 0 Å². The average Bonchev–Trinajstić information content (AvgIpc) is 2.58. The van der Waals surface area contributed by atoms with E-state index in [2.05, 4.69) is 6.92 Å². The van der Waals surface area contributed by atoms with Crippen LogP contribution in [0.3, 0.4) is 0 Å². The van der Waals surface area contributed by atoms with Crippen LogP contribution in [0.25, 0.3) is 0 Å². The Labute approximate surface area is 83.5 Å². The highest BCUT2D eigenvalue weighted by Crippen LogP contribution is 2.43. The summed E-state index contributed by atoms with van der Waals surface area (Å²) in [6.07, 6.45) is 1.18. The minimum atomic E-state index is -0.532. The highest BCUT2D eigenvalue weighted by molar-refractivity contribution is 4.98. The van der Waals surface area contributed by atoms with E-state index in [1.54, 1.807) is 0 Å². The summed E-state index contributed by atoms with van der Waals surface area (Å²) in [6.45, 7) is 5.88. The highest BCUT2D eigenvalue weighted by atomic mass is 16.8. The van der Waals surface area contributed by atoms with Gasteiger partial charge in [0.1, 0.15) is 12.2 Å². The van der Waals surface area contributed by atoms with Crippen molar-refractivity contribution in [1.29, 1.82) is 0 Å². The van der Waals surface area contributed by atoms with Crippen LogP contribution in [0.4, 0.5) is 0 Å². The van der Waals surface area contributed by atoms with Crippen LogP contribution in [-0.2, 0) is 18.9 Å². The van der Waals surface area contributed by atoms with Crippen molar-refractivity contribution < 1.29 is 18.9 Å². The van der Waals surface area contributed by atoms with E-state index in [0.717, 1.165) is 6.42 Å². The lowest BCUT2D eigenvalue weighted by Gasteiger charge is -2.20. The lowest BCUT2D eigenvalue weighted by Crippen LogP contribution is -2.32. The fourth-order valence-electron chi connectivity index (χ4n) is 2.55. The van der Waals surface area contributed by atoms with Gasteiger partial charge in [0.2, 0.25) is 0 Å². The van der Waals surface area contributed by atoms with Gasteiger partial charge in [-0.05, 0) is 20.8 Å². The Bertz CT molecular complexity index is 253. The van der Waals surface area contributed by atoms with Crippen molar-refractivity contribution in [2.24, 2.45) is 0 Å². The first-order chi connectivity index (χ1) is 6.55. The lowest BCUT2D eigenvalue weighted by atomic mass is 10.1. The van der Waals surface area contributed by atoms with Crippen LogP contribution >= 0.6 is 0 Å². The zero-order chi connectivity index (χ0) is 9.92. The third-order valence-electron chi connectivity index (χ3n) is 3.04. The van der Waals surface area contributed by atoms with E-state index in [4.69, 9.17) is 18.9 Å². The monoisotopic (exact) mass is 200 g/mol. The van der Waals surface area contributed by atoms with Crippen LogP contribution < -0.4 is 0 Å². The molecule has 4 heteroatoms. The molecule has 0 spiro atoms. The largest absolute Gasteiger partial charge is 0.370 e. The molecule has 0 aromatic carbocycles. The second-order valence-corrected chi connectivity index (χ2v) is 4.79. The zero-order valence-electron chi connectivity index (χ0n) is 8.73. The van der Waals surface area contributed by atoms with E-state index in [0.29, 0.717) is 0 Å². The Kier molecular flexibility index (Phi) is 1.75. The molecule has 3 rings (SSSR count). The predicted molar refractivity (Wildman–Crippen MR) is 47.7 cm³/mol. The normalized spacial score (nSPS) is 54.6. The molecule has 0 amide bonds. The van der Waals surface area contributed by atoms with Crippen LogP contribution in [0.15, 0.2) is 0 Å². The van der Waals surface area contributed by atoms with Gasteiger partial charge in [-0.2, -0.15) is 0 Å². The molecule has 3 fully saturated rings. The maximum Gasteiger partial charge on any atom is 0.190 e. The van der Waals surface area contributed by atoms with E-state index in [-0.39, 0.29) is 30.7 Å². The summed E-state index contributed by atoms with van der Waals surface area (Å²) in [4.78, 5) is 0. The highest BCUT2D eigenvalue weighted by Gasteiger charge is 2.57. The molecule has 0 N–H and O–H groups in total. The quantitative estimate of drug-likeness (QED) is 0.585. The van der Waals surface area contributed by atoms with E-state index < -0.39 is 5.79 Å². The molecule has 0 aliphatic carbocycles. The van der Waals surface area contributed by atoms with Crippen LogP contribution in [0.1, 0.15) is 27.2 Å². The fourth-order valence-corrected chi connectivity index (χ4v) is 2.55. The fraction of sp³-hybridized carbons (Fsp3) is 1.00. The van der Waals surface area contributed by atoms with Crippen LogP contribution in [-0.4, -0.2) is 36.5 Å². The van der Waals surface area contributed by atoms with E-state index in [1.165, 1.54) is 0 Å². The Morgan fingerprint density at radius 1 is 1.07 bits per heavy atom. The summed E-state index contributed by atoms with van der Waals surface area (Å²) in [7, 11) is 0. The standard InChI is InChI=1S/C10H16O4/c1-5-4-6-7(11-5)8-9(12-6)14-10(2,3)13-8/h5-9H,4H2,1-3H3/t5?,6-,7+,8-,9-/m1/s1. The molecule has 0 bridgehead atoms. The summed E-state index contributed by atoms with van der Waals surface area (Å²) in [5.74, 6) is -0.532. The summed E-state index contributed by atoms with van der Waals surface area (Å²) in [6, 6.07) is 0. The first kappa shape index (κ1) is 9.09. The van der Waals surface area contributed by atoms with E-state index >= 15 is 0 Å². The van der Waals surface area contributed by atoms with Gasteiger partial charge in [0.25, 0.3) is 0 Å². The first-order valence-corrected chi connectivity index (χ1v) is 5.22. The molecule has 0 saturated carbocycles. The minimum Gasteiger partial charge on any atom is -0.370 e. The molecule has 3 aliphatic rings. The van der Waals surface area contributed by atoms with Crippen molar-refractivity contribution in [1.82, 2.24) is 0 Å². The number of hydrogen-bond donors (Lipinski definition) is 0. The molecule has 5 atom stereocenters. The molecule has 0 radical (unpaired) electrons. The van der Waals surface area contributed by atoms with Crippen molar-refractivity contribution in [3.8, 4) is 0 Å². The molecule has 14 heavy (non-hydrogen) atoms. The van der Waals surface area contributed by atoms with Crippen molar-refractivity contribution >= 4 is 0 Å². The van der Waals surface area contributed by atoms with Crippen LogP contribution in [0, 0.1) is 0 Å².